The molecule has 0 heterocycles. The molecule has 1 rings (SSSR count). The van der Waals surface area contributed by atoms with Crippen LogP contribution in [0, 0.1) is 0 Å². The lowest BCUT2D eigenvalue weighted by molar-refractivity contribution is -0.136. The molecule has 1 aromatic rings. The first kappa shape index (κ1) is 18.7. The largest absolute Gasteiger partial charge is 0.466 e. The van der Waals surface area contributed by atoms with Crippen LogP contribution in [-0.2, 0) is 20.9 Å². The number of benzene rings is 1. The highest BCUT2D eigenvalue weighted by molar-refractivity contribution is 6.77. The molecule has 0 saturated carbocycles. The monoisotopic (exact) mass is 320 g/mol. The van der Waals surface area contributed by atoms with Gasteiger partial charge < -0.3 is 9.47 Å². The van der Waals surface area contributed by atoms with Gasteiger partial charge in [0.2, 0.25) is 0 Å². The third kappa shape index (κ3) is 8.15. The van der Waals surface area contributed by atoms with E-state index in [1.165, 1.54) is 12.7 Å². The Bertz CT molecular complexity index is 475. The van der Waals surface area contributed by atoms with Crippen molar-refractivity contribution in [1.82, 2.24) is 0 Å². The Morgan fingerprint density at radius 1 is 1.18 bits per heavy atom. The van der Waals surface area contributed by atoms with Gasteiger partial charge in [0.1, 0.15) is 0 Å². The predicted octanol–water partition coefficient (Wildman–Crippen LogP) is 4.42. The van der Waals surface area contributed by atoms with E-state index in [0.29, 0.717) is 13.2 Å². The lowest BCUT2D eigenvalue weighted by Crippen LogP contribution is -2.23. The van der Waals surface area contributed by atoms with Crippen molar-refractivity contribution in [3.8, 4) is 0 Å². The maximum Gasteiger partial charge on any atom is 0.333 e. The lowest BCUT2D eigenvalue weighted by Gasteiger charge is -2.17. The summed E-state index contributed by atoms with van der Waals surface area (Å²) in [6, 6.07) is 11.0. The molecule has 0 fully saturated rings. The van der Waals surface area contributed by atoms with Gasteiger partial charge in [-0.25, -0.2) is 4.79 Å². The van der Waals surface area contributed by atoms with Crippen molar-refractivity contribution in [1.29, 1.82) is 0 Å². The number of methoxy groups -OCH3 is 1. The van der Waals surface area contributed by atoms with Crippen LogP contribution in [0.4, 0.5) is 0 Å². The Hall–Kier alpha value is -1.39. The summed E-state index contributed by atoms with van der Waals surface area (Å²) < 4.78 is 10.5. The molecule has 0 aliphatic heterocycles. The summed E-state index contributed by atoms with van der Waals surface area (Å²) in [5.41, 5.74) is 2.01. The van der Waals surface area contributed by atoms with Crippen LogP contribution in [-0.4, -0.2) is 27.8 Å². The van der Waals surface area contributed by atoms with Gasteiger partial charge in [-0.3, -0.25) is 0 Å². The average Bonchev–Trinajstić information content (AvgIpc) is 2.48. The Kier molecular flexibility index (Phi) is 8.13. The number of esters is 1. The Morgan fingerprint density at radius 2 is 1.86 bits per heavy atom. The molecule has 0 radical (unpaired) electrons. The van der Waals surface area contributed by atoms with Crippen LogP contribution < -0.4 is 0 Å². The molecule has 0 saturated heterocycles. The first-order valence-corrected chi connectivity index (χ1v) is 11.5. The number of unbranched alkanes of at least 4 members (excludes halogenated alkanes) is 1. The van der Waals surface area contributed by atoms with Crippen molar-refractivity contribution in [2.45, 2.75) is 45.1 Å². The molecule has 122 valence electrons. The zero-order valence-electron chi connectivity index (χ0n) is 14.2. The number of ether oxygens (including phenoxy) is 2. The summed E-state index contributed by atoms with van der Waals surface area (Å²) in [4.78, 5) is 11.8. The van der Waals surface area contributed by atoms with Gasteiger partial charge in [-0.1, -0.05) is 56.0 Å². The minimum absolute atomic E-state index is 0.187. The van der Waals surface area contributed by atoms with Gasteiger partial charge in [-0.05, 0) is 24.4 Å². The number of hydrogen-bond acceptors (Lipinski definition) is 3. The van der Waals surface area contributed by atoms with E-state index in [1.807, 2.05) is 24.3 Å². The highest BCUT2D eigenvalue weighted by atomic mass is 28.3. The molecule has 0 atom stereocenters. The van der Waals surface area contributed by atoms with Crippen molar-refractivity contribution in [2.75, 3.05) is 13.7 Å². The van der Waals surface area contributed by atoms with Crippen molar-refractivity contribution in [2.24, 2.45) is 0 Å². The summed E-state index contributed by atoms with van der Waals surface area (Å²) in [5, 5.41) is 0. The second-order valence-corrected chi connectivity index (χ2v) is 12.1. The third-order valence-electron chi connectivity index (χ3n) is 3.16. The highest BCUT2D eigenvalue weighted by Gasteiger charge is 2.20. The Labute approximate surface area is 135 Å². The summed E-state index contributed by atoms with van der Waals surface area (Å²) in [6.45, 7) is 8.11. The van der Waals surface area contributed by atoms with Gasteiger partial charge in [-0.2, -0.15) is 0 Å². The van der Waals surface area contributed by atoms with E-state index in [-0.39, 0.29) is 5.97 Å². The van der Waals surface area contributed by atoms with E-state index < -0.39 is 8.07 Å². The highest BCUT2D eigenvalue weighted by Crippen LogP contribution is 2.18. The van der Waals surface area contributed by atoms with Crippen molar-refractivity contribution >= 4 is 14.0 Å². The van der Waals surface area contributed by atoms with Crippen LogP contribution in [0.25, 0.3) is 0 Å². The van der Waals surface area contributed by atoms with Gasteiger partial charge in [0.25, 0.3) is 0 Å². The van der Waals surface area contributed by atoms with E-state index in [1.54, 1.807) is 0 Å². The fourth-order valence-corrected chi connectivity index (χ4v) is 3.59. The lowest BCUT2D eigenvalue weighted by atomic mass is 10.2. The molecule has 0 amide bonds. The molecular formula is C18H28O3Si. The molecule has 22 heavy (non-hydrogen) atoms. The zero-order chi connectivity index (χ0) is 16.4. The average molecular weight is 321 g/mol. The SMILES string of the molecule is COC(=O)/C(=C/CCCOCc1ccccc1)C[Si](C)(C)C. The van der Waals surface area contributed by atoms with Crippen molar-refractivity contribution in [3.63, 3.8) is 0 Å². The smallest absolute Gasteiger partial charge is 0.333 e. The Morgan fingerprint density at radius 3 is 2.45 bits per heavy atom. The topological polar surface area (TPSA) is 35.5 Å². The second-order valence-electron chi connectivity index (χ2n) is 6.64. The number of carbonyl (C=O) groups is 1. The van der Waals surface area contributed by atoms with E-state index in [9.17, 15) is 4.79 Å². The summed E-state index contributed by atoms with van der Waals surface area (Å²) in [6.07, 6.45) is 3.79. The standard InChI is InChI=1S/C18H28O3Si/c1-20-18(19)17(15-22(2,3)4)12-8-9-13-21-14-16-10-6-5-7-11-16/h5-7,10-12H,8-9,13-15H2,1-4H3/b17-12+. The number of hydrogen-bond donors (Lipinski definition) is 0. The van der Waals surface area contributed by atoms with E-state index in [0.717, 1.165) is 24.5 Å². The van der Waals surface area contributed by atoms with Crippen LogP contribution in [0.5, 0.6) is 0 Å². The fourth-order valence-electron chi connectivity index (χ4n) is 2.16. The molecule has 0 N–H and O–H groups in total. The van der Waals surface area contributed by atoms with Gasteiger partial charge in [0, 0.05) is 20.3 Å². The minimum atomic E-state index is -1.32. The first-order valence-electron chi connectivity index (χ1n) is 7.81. The quantitative estimate of drug-likeness (QED) is 0.292. The summed E-state index contributed by atoms with van der Waals surface area (Å²) >= 11 is 0. The number of rotatable bonds is 9. The minimum Gasteiger partial charge on any atom is -0.466 e. The summed E-state index contributed by atoms with van der Waals surface area (Å²) in [5.74, 6) is -0.187. The molecule has 0 aromatic heterocycles. The van der Waals surface area contributed by atoms with Gasteiger partial charge in [0.15, 0.2) is 0 Å². The Balaban J connectivity index is 2.33. The maximum atomic E-state index is 11.8. The third-order valence-corrected chi connectivity index (χ3v) is 4.61. The van der Waals surface area contributed by atoms with Crippen LogP contribution in [0.1, 0.15) is 18.4 Å². The van der Waals surface area contributed by atoms with Crippen molar-refractivity contribution < 1.29 is 14.3 Å². The van der Waals surface area contributed by atoms with Gasteiger partial charge in [-0.15, -0.1) is 0 Å². The molecule has 0 bridgehead atoms. The van der Waals surface area contributed by atoms with Crippen molar-refractivity contribution in [3.05, 3.63) is 47.5 Å². The van der Waals surface area contributed by atoms with E-state index in [4.69, 9.17) is 9.47 Å². The number of allylic oxidation sites excluding steroid dienone is 1. The van der Waals surface area contributed by atoms with Crippen LogP contribution in [0.3, 0.4) is 0 Å². The second kappa shape index (κ2) is 9.59. The predicted molar refractivity (Wildman–Crippen MR) is 93.6 cm³/mol. The number of carbonyl (C=O) groups excluding carboxylic acids is 1. The molecule has 0 aliphatic rings. The maximum absolute atomic E-state index is 11.8. The van der Waals surface area contributed by atoms with E-state index >= 15 is 0 Å². The molecule has 0 aliphatic carbocycles. The molecule has 1 aromatic carbocycles. The van der Waals surface area contributed by atoms with Gasteiger partial charge in [0.05, 0.1) is 13.7 Å². The van der Waals surface area contributed by atoms with Crippen LogP contribution in [0.2, 0.25) is 25.7 Å². The van der Waals surface area contributed by atoms with Crippen LogP contribution >= 0.6 is 0 Å². The fraction of sp³-hybridized carbons (Fsp3) is 0.500. The molecule has 3 nitrogen and oxygen atoms in total. The molecule has 4 heteroatoms. The normalized spacial score (nSPS) is 12.3. The van der Waals surface area contributed by atoms with Gasteiger partial charge >= 0.3 is 5.97 Å². The van der Waals surface area contributed by atoms with E-state index in [2.05, 4.69) is 31.8 Å². The molecular weight excluding hydrogens is 292 g/mol. The molecule has 0 spiro atoms. The zero-order valence-corrected chi connectivity index (χ0v) is 15.2. The van der Waals surface area contributed by atoms with Crippen LogP contribution in [0.15, 0.2) is 42.0 Å². The summed E-state index contributed by atoms with van der Waals surface area (Å²) in [7, 11) is 0.129. The molecule has 0 unspecified atom stereocenters. The first-order chi connectivity index (χ1) is 10.4.